The van der Waals surface area contributed by atoms with Crippen LogP contribution >= 0.6 is 11.6 Å². The van der Waals surface area contributed by atoms with Gasteiger partial charge in [0.1, 0.15) is 21.2 Å². The predicted molar refractivity (Wildman–Crippen MR) is 182 cm³/mol. The van der Waals surface area contributed by atoms with Crippen molar-refractivity contribution < 1.29 is 36.4 Å². The number of nitrogens with zero attached hydrogens (tertiary/aromatic N) is 2. The van der Waals surface area contributed by atoms with Gasteiger partial charge >= 0.3 is 12.2 Å². The van der Waals surface area contributed by atoms with Crippen LogP contribution in [0.25, 0.3) is 0 Å². The van der Waals surface area contributed by atoms with Gasteiger partial charge in [-0.1, -0.05) is 29.8 Å². The second-order valence-corrected chi connectivity index (χ2v) is 16.5. The Kier molecular flexibility index (Phi) is 9.75. The third kappa shape index (κ3) is 7.58. The maximum Gasteiger partial charge on any atom is 0.411 e. The van der Waals surface area contributed by atoms with Crippen LogP contribution in [0, 0.1) is 17.3 Å². The van der Waals surface area contributed by atoms with Crippen LogP contribution in [0.4, 0.5) is 23.7 Å². The first kappa shape index (κ1) is 35.5. The predicted octanol–water partition coefficient (Wildman–Crippen LogP) is 7.23. The lowest BCUT2D eigenvalue weighted by molar-refractivity contribution is -0.182. The molecule has 2 saturated carbocycles. The fourth-order valence-electron chi connectivity index (χ4n) is 7.10. The zero-order valence-corrected chi connectivity index (χ0v) is 29.4. The van der Waals surface area contributed by atoms with Crippen molar-refractivity contribution in [1.29, 1.82) is 0 Å². The number of aryl methyl sites for hydroxylation is 1. The largest absolute Gasteiger partial charge is 0.491 e. The number of hydrogen-bond donors (Lipinski definition) is 2. The lowest BCUT2D eigenvalue weighted by Crippen LogP contribution is -2.57. The molecular weight excluding hydrogens is 681 g/mol. The number of urea groups is 1. The fourth-order valence-corrected chi connectivity index (χ4v) is 8.81. The summed E-state index contributed by atoms with van der Waals surface area (Å²) in [6.45, 7) is 3.26. The molecule has 6 rings (SSSR count). The molecule has 9 nitrogen and oxygen atoms in total. The number of nitrogens with one attached hydrogen (secondary N) is 2. The first-order chi connectivity index (χ1) is 23.1. The van der Waals surface area contributed by atoms with Crippen molar-refractivity contribution in [3.05, 3.63) is 70.3 Å². The summed E-state index contributed by atoms with van der Waals surface area (Å²) >= 11 is 6.41. The van der Waals surface area contributed by atoms with Crippen LogP contribution in [0.15, 0.2) is 52.9 Å². The first-order valence-corrected chi connectivity index (χ1v) is 18.7. The number of anilines is 1. The van der Waals surface area contributed by atoms with E-state index in [2.05, 4.69) is 14.0 Å². The monoisotopic (exact) mass is 722 g/mol. The standard InChI is InChI=1S/C35H42ClF3N4O5S/c1-33(2,35(37,38)39)40-32(45)42-49(46)16-8-4-5-10-29(47-3)30-26-19-34(26,30)21-43-20-24-11-13-25(36)17-22(24)9-6-7-15-48-28-14-12-23(18-27(28)43)31(44)41-49/h5,10-14,17-18,26,29-30H,4,6-9,15-16,19-21H2,1-3H3,(H2,40,41,42,44,45,46)/b10-5+/t26?,29-,30-,34-,49?/m0/s1. The Morgan fingerprint density at radius 2 is 1.94 bits per heavy atom. The number of methoxy groups -OCH3 is 1. The summed E-state index contributed by atoms with van der Waals surface area (Å²) < 4.78 is 72.8. The van der Waals surface area contributed by atoms with E-state index in [-0.39, 0.29) is 29.3 Å². The van der Waals surface area contributed by atoms with Crippen molar-refractivity contribution in [2.24, 2.45) is 21.6 Å². The number of allylic oxidation sites excluding steroid dienone is 1. The van der Waals surface area contributed by atoms with E-state index < -0.39 is 33.6 Å². The molecule has 2 bridgehead atoms. The smallest absolute Gasteiger partial charge is 0.411 e. The Bertz CT molecular complexity index is 1780. The van der Waals surface area contributed by atoms with Gasteiger partial charge < -0.3 is 19.7 Å². The van der Waals surface area contributed by atoms with Crippen LogP contribution in [0.1, 0.15) is 67.4 Å². The van der Waals surface area contributed by atoms with Crippen LogP contribution in [0.2, 0.25) is 5.02 Å². The van der Waals surface area contributed by atoms with Crippen molar-refractivity contribution in [3.8, 4) is 5.75 Å². The molecule has 2 aromatic rings. The minimum atomic E-state index is -4.77. The van der Waals surface area contributed by atoms with Crippen molar-refractivity contribution >= 4 is 39.1 Å². The van der Waals surface area contributed by atoms with E-state index in [0.29, 0.717) is 54.4 Å². The van der Waals surface area contributed by atoms with Gasteiger partial charge in [0, 0.05) is 30.8 Å². The molecule has 1 spiro atoms. The van der Waals surface area contributed by atoms with Crippen LogP contribution in [-0.4, -0.2) is 60.0 Å². The lowest BCUT2D eigenvalue weighted by Gasteiger charge is -2.31. The van der Waals surface area contributed by atoms with E-state index in [9.17, 15) is 27.0 Å². The van der Waals surface area contributed by atoms with Crippen molar-refractivity contribution in [3.63, 3.8) is 0 Å². The summed E-state index contributed by atoms with van der Waals surface area (Å²) in [6, 6.07) is 9.50. The molecule has 49 heavy (non-hydrogen) atoms. The Hall–Kier alpha value is -3.29. The minimum Gasteiger partial charge on any atom is -0.491 e. The minimum absolute atomic E-state index is 0.0479. The molecule has 266 valence electrons. The highest BCUT2D eigenvalue weighted by molar-refractivity contribution is 7.92. The van der Waals surface area contributed by atoms with Gasteiger partial charge in [-0.3, -0.25) is 9.52 Å². The SMILES string of the molecule is CO[C@H]1/C=C/CCCS(=O)(NC(=O)NC(C)(C)C(F)(F)F)=NC(=O)c2ccc3c(c2)N(Cc2ccc(Cl)cc2CCCCO3)C[C@@]23CC2[C@@H]13. The fraction of sp³-hybridized carbons (Fsp3) is 0.543. The molecule has 2 aromatic carbocycles. The molecule has 2 N–H and O–H groups in total. The zero-order chi connectivity index (χ0) is 35.2. The second-order valence-electron chi connectivity index (χ2n) is 14.0. The quantitative estimate of drug-likeness (QED) is 0.324. The number of ether oxygens (including phenoxy) is 2. The topological polar surface area (TPSA) is 109 Å². The number of benzene rings is 2. The van der Waals surface area contributed by atoms with Gasteiger partial charge in [0.2, 0.25) is 0 Å². The molecule has 2 fully saturated rings. The van der Waals surface area contributed by atoms with Crippen molar-refractivity contribution in [2.75, 3.05) is 30.9 Å². The molecule has 3 amide bonds. The number of amides is 3. The highest BCUT2D eigenvalue weighted by Crippen LogP contribution is 2.81. The molecule has 2 aliphatic heterocycles. The van der Waals surface area contributed by atoms with Gasteiger partial charge in [0.25, 0.3) is 5.91 Å². The highest BCUT2D eigenvalue weighted by atomic mass is 35.5. The van der Waals surface area contributed by atoms with Crippen LogP contribution < -0.4 is 19.7 Å². The van der Waals surface area contributed by atoms with Crippen LogP contribution in [-0.2, 0) is 27.6 Å². The molecule has 5 atom stereocenters. The number of alkyl halides is 3. The normalized spacial score (nSPS) is 29.4. The number of carbonyl (C=O) groups is 2. The summed E-state index contributed by atoms with van der Waals surface area (Å²) in [4.78, 5) is 28.7. The highest BCUT2D eigenvalue weighted by Gasteiger charge is 2.80. The third-order valence-electron chi connectivity index (χ3n) is 10.2. The van der Waals surface area contributed by atoms with Gasteiger partial charge in [0.05, 0.1) is 24.2 Å². The van der Waals surface area contributed by atoms with E-state index in [1.54, 1.807) is 19.2 Å². The van der Waals surface area contributed by atoms with Gasteiger partial charge in [-0.05, 0) is 111 Å². The zero-order valence-electron chi connectivity index (χ0n) is 27.8. The number of carbonyl (C=O) groups excluding carboxylic acids is 2. The molecule has 0 aromatic heterocycles. The van der Waals surface area contributed by atoms with E-state index in [0.717, 1.165) is 50.7 Å². The third-order valence-corrected chi connectivity index (χ3v) is 12.2. The molecule has 4 aliphatic rings. The van der Waals surface area contributed by atoms with E-state index in [1.807, 2.05) is 35.7 Å². The Labute approximate surface area is 290 Å². The van der Waals surface area contributed by atoms with Gasteiger partial charge in [-0.25, -0.2) is 9.00 Å². The Balaban J connectivity index is 1.41. The van der Waals surface area contributed by atoms with Crippen LogP contribution in [0.5, 0.6) is 5.75 Å². The number of rotatable bonds is 3. The number of hydrogen-bond acceptors (Lipinski definition) is 6. The number of halogens is 4. The molecule has 14 heteroatoms. The first-order valence-electron chi connectivity index (χ1n) is 16.6. The van der Waals surface area contributed by atoms with E-state index in [1.165, 1.54) is 6.07 Å². The van der Waals surface area contributed by atoms with Crippen LogP contribution in [0.3, 0.4) is 0 Å². The molecule has 0 saturated heterocycles. The molecule has 0 radical (unpaired) electrons. The van der Waals surface area contributed by atoms with E-state index >= 15 is 0 Å². The maximum absolute atomic E-state index is 14.0. The van der Waals surface area contributed by atoms with Gasteiger partial charge in [0.15, 0.2) is 0 Å². The second kappa shape index (κ2) is 13.4. The average molecular weight is 723 g/mol. The number of fused-ring (bicyclic) bond motifs is 3. The van der Waals surface area contributed by atoms with Crippen molar-refractivity contribution in [1.82, 2.24) is 10.0 Å². The molecule has 2 aliphatic carbocycles. The van der Waals surface area contributed by atoms with E-state index in [4.69, 9.17) is 21.1 Å². The van der Waals surface area contributed by atoms with Gasteiger partial charge in [-0.15, -0.1) is 4.36 Å². The summed E-state index contributed by atoms with van der Waals surface area (Å²) in [5, 5.41) is 2.49. The summed E-state index contributed by atoms with van der Waals surface area (Å²) in [5.74, 6) is 0.276. The summed E-state index contributed by atoms with van der Waals surface area (Å²) in [6.07, 6.45) is 3.32. The van der Waals surface area contributed by atoms with Gasteiger partial charge in [-0.2, -0.15) is 13.2 Å². The molecular formula is C35H42ClF3N4O5S. The Morgan fingerprint density at radius 3 is 2.67 bits per heavy atom. The molecule has 2 unspecified atom stereocenters. The Morgan fingerprint density at radius 1 is 1.14 bits per heavy atom. The maximum atomic E-state index is 14.0. The summed E-state index contributed by atoms with van der Waals surface area (Å²) in [5.41, 5.74) is 0.485. The molecule has 2 heterocycles. The average Bonchev–Trinajstić information content (AvgIpc) is 3.89. The lowest BCUT2D eigenvalue weighted by atomic mass is 9.97. The summed E-state index contributed by atoms with van der Waals surface area (Å²) in [7, 11) is -2.16. The van der Waals surface area contributed by atoms with Crippen molar-refractivity contribution in [2.45, 2.75) is 76.7 Å².